The number of aromatic nitrogens is 1. The quantitative estimate of drug-likeness (QED) is 0.835. The molecule has 3 rings (SSSR count). The van der Waals surface area contributed by atoms with Crippen LogP contribution in [0.1, 0.15) is 23.7 Å². The van der Waals surface area contributed by atoms with Crippen LogP contribution >= 0.6 is 0 Å². The molecule has 1 aromatic carbocycles. The molecule has 1 aliphatic rings. The summed E-state index contributed by atoms with van der Waals surface area (Å²) in [5.74, 6) is 0. The Kier molecular flexibility index (Phi) is 6.57. The highest BCUT2D eigenvalue weighted by Gasteiger charge is 2.16. The molecule has 2 aromatic rings. The molecule has 2 heterocycles. The first-order chi connectivity index (χ1) is 12.7. The molecule has 0 radical (unpaired) electrons. The number of carbonyl (C=O) groups is 1. The molecule has 0 saturated carbocycles. The number of carbonyl (C=O) groups excluding carboxylic acids is 1. The minimum atomic E-state index is -0.192. The number of hydrogen-bond acceptors (Lipinski definition) is 4. The van der Waals surface area contributed by atoms with Crippen LogP contribution in [0.25, 0.3) is 0 Å². The van der Waals surface area contributed by atoms with Crippen molar-refractivity contribution in [3.05, 3.63) is 65.5 Å². The van der Waals surface area contributed by atoms with Crippen LogP contribution in [0.3, 0.4) is 0 Å². The van der Waals surface area contributed by atoms with Gasteiger partial charge in [-0.05, 0) is 30.2 Å². The van der Waals surface area contributed by atoms with E-state index in [1.54, 1.807) is 6.20 Å². The van der Waals surface area contributed by atoms with Gasteiger partial charge in [-0.25, -0.2) is 4.79 Å². The van der Waals surface area contributed by atoms with E-state index in [0.717, 1.165) is 37.5 Å². The summed E-state index contributed by atoms with van der Waals surface area (Å²) >= 11 is 0. The first kappa shape index (κ1) is 18.4. The Balaban J connectivity index is 1.45. The molecule has 26 heavy (non-hydrogen) atoms. The number of pyridine rings is 1. The Morgan fingerprint density at radius 1 is 1.19 bits per heavy atom. The second kappa shape index (κ2) is 9.31. The Morgan fingerprint density at radius 2 is 2.04 bits per heavy atom. The number of amides is 2. The van der Waals surface area contributed by atoms with E-state index in [1.165, 1.54) is 5.56 Å². The van der Waals surface area contributed by atoms with Crippen LogP contribution in [0, 0.1) is 0 Å². The van der Waals surface area contributed by atoms with Crippen molar-refractivity contribution >= 4 is 6.03 Å². The van der Waals surface area contributed by atoms with Gasteiger partial charge in [0.25, 0.3) is 0 Å². The van der Waals surface area contributed by atoms with Crippen molar-refractivity contribution in [2.75, 3.05) is 19.7 Å². The zero-order chi connectivity index (χ0) is 18.2. The Hall–Kier alpha value is -2.44. The maximum atomic E-state index is 12.0. The third-order valence-electron chi connectivity index (χ3n) is 4.33. The third kappa shape index (κ3) is 5.82. The van der Waals surface area contributed by atoms with Gasteiger partial charge in [0.15, 0.2) is 0 Å². The maximum absolute atomic E-state index is 12.0. The summed E-state index contributed by atoms with van der Waals surface area (Å²) in [7, 11) is 0. The summed E-state index contributed by atoms with van der Waals surface area (Å²) in [5.41, 5.74) is 3.19. The number of morpholine rings is 1. The van der Waals surface area contributed by atoms with Gasteiger partial charge in [-0.15, -0.1) is 0 Å². The molecule has 1 aliphatic heterocycles. The minimum Gasteiger partial charge on any atom is -0.376 e. The highest BCUT2D eigenvalue weighted by Crippen LogP contribution is 2.12. The molecular weight excluding hydrogens is 328 g/mol. The fourth-order valence-electron chi connectivity index (χ4n) is 3.05. The lowest BCUT2D eigenvalue weighted by atomic mass is 10.1. The van der Waals surface area contributed by atoms with Crippen molar-refractivity contribution in [2.45, 2.75) is 32.7 Å². The van der Waals surface area contributed by atoms with Crippen molar-refractivity contribution in [3.8, 4) is 0 Å². The van der Waals surface area contributed by atoms with E-state index in [1.807, 2.05) is 30.3 Å². The van der Waals surface area contributed by atoms with Crippen LogP contribution in [0.15, 0.2) is 48.7 Å². The standard InChI is InChI=1S/C20H26N4O2/c1-16-14-24(9-10-26-16)15-18-6-4-5-17(11-18)12-22-20(25)23-13-19-7-2-3-8-21-19/h2-8,11,16H,9-10,12-15H2,1H3,(H2,22,23,25)/t16-/m0/s1. The van der Waals surface area contributed by atoms with Gasteiger partial charge < -0.3 is 15.4 Å². The summed E-state index contributed by atoms with van der Waals surface area (Å²) in [6, 6.07) is 13.8. The van der Waals surface area contributed by atoms with E-state index in [0.29, 0.717) is 13.1 Å². The number of urea groups is 1. The fourth-order valence-corrected chi connectivity index (χ4v) is 3.05. The lowest BCUT2D eigenvalue weighted by molar-refractivity contribution is -0.0212. The molecule has 0 aliphatic carbocycles. The van der Waals surface area contributed by atoms with E-state index >= 15 is 0 Å². The molecule has 1 fully saturated rings. The van der Waals surface area contributed by atoms with Crippen molar-refractivity contribution in [1.29, 1.82) is 0 Å². The summed E-state index contributed by atoms with van der Waals surface area (Å²) in [5, 5.41) is 5.72. The SMILES string of the molecule is C[C@H]1CN(Cc2cccc(CNC(=O)NCc3ccccn3)c2)CCO1. The zero-order valence-corrected chi connectivity index (χ0v) is 15.1. The van der Waals surface area contributed by atoms with Gasteiger partial charge in [-0.3, -0.25) is 9.88 Å². The van der Waals surface area contributed by atoms with Gasteiger partial charge in [0, 0.05) is 32.4 Å². The number of nitrogens with one attached hydrogen (secondary N) is 2. The minimum absolute atomic E-state index is 0.192. The van der Waals surface area contributed by atoms with Gasteiger partial charge in [-0.2, -0.15) is 0 Å². The predicted octanol–water partition coefficient (Wildman–Crippen LogP) is 2.30. The molecular formula is C20H26N4O2. The van der Waals surface area contributed by atoms with Crippen molar-refractivity contribution in [1.82, 2.24) is 20.5 Å². The number of nitrogens with zero attached hydrogens (tertiary/aromatic N) is 2. The van der Waals surface area contributed by atoms with Gasteiger partial charge in [0.2, 0.25) is 0 Å². The van der Waals surface area contributed by atoms with Crippen LogP contribution < -0.4 is 10.6 Å². The number of benzene rings is 1. The number of ether oxygens (including phenoxy) is 1. The molecule has 138 valence electrons. The Labute approximate surface area is 154 Å². The molecule has 0 bridgehead atoms. The monoisotopic (exact) mass is 354 g/mol. The number of rotatable bonds is 6. The average Bonchev–Trinajstić information content (AvgIpc) is 2.66. The molecule has 2 N–H and O–H groups in total. The lowest BCUT2D eigenvalue weighted by Crippen LogP contribution is -2.40. The molecule has 2 amide bonds. The van der Waals surface area contributed by atoms with Gasteiger partial charge in [0.05, 0.1) is 24.9 Å². The van der Waals surface area contributed by atoms with E-state index in [-0.39, 0.29) is 12.1 Å². The molecule has 0 spiro atoms. The normalized spacial score (nSPS) is 17.7. The van der Waals surface area contributed by atoms with Crippen LogP contribution in [-0.2, 0) is 24.4 Å². The number of hydrogen-bond donors (Lipinski definition) is 2. The highest BCUT2D eigenvalue weighted by molar-refractivity contribution is 5.73. The van der Waals surface area contributed by atoms with E-state index in [9.17, 15) is 4.79 Å². The van der Waals surface area contributed by atoms with Gasteiger partial charge in [-0.1, -0.05) is 30.3 Å². The van der Waals surface area contributed by atoms with E-state index in [2.05, 4.69) is 39.6 Å². The predicted molar refractivity (Wildman–Crippen MR) is 100 cm³/mol. The first-order valence-corrected chi connectivity index (χ1v) is 9.02. The summed E-state index contributed by atoms with van der Waals surface area (Å²) in [4.78, 5) is 18.5. The molecule has 6 nitrogen and oxygen atoms in total. The fraction of sp³-hybridized carbons (Fsp3) is 0.400. The smallest absolute Gasteiger partial charge is 0.315 e. The van der Waals surface area contributed by atoms with Crippen LogP contribution in [0.2, 0.25) is 0 Å². The van der Waals surface area contributed by atoms with Crippen LogP contribution in [-0.4, -0.2) is 41.7 Å². The molecule has 6 heteroatoms. The molecule has 1 atom stereocenters. The van der Waals surface area contributed by atoms with Gasteiger partial charge in [0.1, 0.15) is 0 Å². The second-order valence-corrected chi connectivity index (χ2v) is 6.59. The van der Waals surface area contributed by atoms with Gasteiger partial charge >= 0.3 is 6.03 Å². The summed E-state index contributed by atoms with van der Waals surface area (Å²) in [6.07, 6.45) is 2.01. The lowest BCUT2D eigenvalue weighted by Gasteiger charge is -2.31. The summed E-state index contributed by atoms with van der Waals surface area (Å²) < 4.78 is 5.59. The topological polar surface area (TPSA) is 66.5 Å². The molecule has 0 unspecified atom stereocenters. The van der Waals surface area contributed by atoms with Crippen LogP contribution in [0.5, 0.6) is 0 Å². The maximum Gasteiger partial charge on any atom is 0.315 e. The van der Waals surface area contributed by atoms with Crippen LogP contribution in [0.4, 0.5) is 4.79 Å². The zero-order valence-electron chi connectivity index (χ0n) is 15.1. The van der Waals surface area contributed by atoms with E-state index < -0.39 is 0 Å². The molecule has 1 aromatic heterocycles. The molecule has 1 saturated heterocycles. The first-order valence-electron chi connectivity index (χ1n) is 9.02. The summed E-state index contributed by atoms with van der Waals surface area (Å²) in [6.45, 7) is 6.65. The largest absolute Gasteiger partial charge is 0.376 e. The Bertz CT molecular complexity index is 708. The second-order valence-electron chi connectivity index (χ2n) is 6.59. The van der Waals surface area contributed by atoms with Crippen molar-refractivity contribution in [2.24, 2.45) is 0 Å². The van der Waals surface area contributed by atoms with E-state index in [4.69, 9.17) is 4.74 Å². The highest BCUT2D eigenvalue weighted by atomic mass is 16.5. The average molecular weight is 354 g/mol. The Morgan fingerprint density at radius 3 is 2.85 bits per heavy atom. The van der Waals surface area contributed by atoms with Crippen molar-refractivity contribution in [3.63, 3.8) is 0 Å². The van der Waals surface area contributed by atoms with Crippen molar-refractivity contribution < 1.29 is 9.53 Å². The third-order valence-corrected chi connectivity index (χ3v) is 4.33.